The van der Waals surface area contributed by atoms with E-state index < -0.39 is 0 Å². The van der Waals surface area contributed by atoms with Crippen molar-refractivity contribution >= 4 is 5.57 Å². The third-order valence-electron chi connectivity index (χ3n) is 3.96. The van der Waals surface area contributed by atoms with E-state index in [-0.39, 0.29) is 0 Å². The van der Waals surface area contributed by atoms with Crippen molar-refractivity contribution < 1.29 is 0 Å². The van der Waals surface area contributed by atoms with Crippen LogP contribution in [0.2, 0.25) is 0 Å². The molecule has 0 atom stereocenters. The van der Waals surface area contributed by atoms with Gasteiger partial charge in [-0.3, -0.25) is 0 Å². The van der Waals surface area contributed by atoms with Crippen molar-refractivity contribution in [1.82, 2.24) is 0 Å². The van der Waals surface area contributed by atoms with Crippen molar-refractivity contribution in [2.45, 2.75) is 27.2 Å². The second-order valence-corrected chi connectivity index (χ2v) is 5.23. The molecule has 18 heavy (non-hydrogen) atoms. The molecule has 0 aromatic heterocycles. The first-order valence-corrected chi connectivity index (χ1v) is 6.53. The third-order valence-corrected chi connectivity index (χ3v) is 3.96. The molecule has 0 unspecified atom stereocenters. The SMILES string of the molecule is Cc1cc(C)c(C2=CCc3ccccc32)cc1C. The number of rotatable bonds is 1. The van der Waals surface area contributed by atoms with Crippen molar-refractivity contribution in [2.75, 3.05) is 0 Å². The van der Waals surface area contributed by atoms with E-state index in [1.165, 1.54) is 39.0 Å². The minimum Gasteiger partial charge on any atom is -0.0716 e. The van der Waals surface area contributed by atoms with Gasteiger partial charge in [0.1, 0.15) is 0 Å². The molecule has 90 valence electrons. The van der Waals surface area contributed by atoms with Gasteiger partial charge in [-0.15, -0.1) is 0 Å². The Morgan fingerprint density at radius 2 is 1.50 bits per heavy atom. The third kappa shape index (κ3) is 1.69. The maximum Gasteiger partial charge on any atom is -0.00819 e. The van der Waals surface area contributed by atoms with E-state index in [2.05, 4.69) is 63.2 Å². The van der Waals surface area contributed by atoms with E-state index in [0.29, 0.717) is 0 Å². The Bertz CT molecular complexity index is 645. The zero-order chi connectivity index (χ0) is 12.7. The highest BCUT2D eigenvalue weighted by molar-refractivity contribution is 5.86. The molecule has 0 heterocycles. The Kier molecular flexibility index (Phi) is 2.59. The van der Waals surface area contributed by atoms with E-state index in [9.17, 15) is 0 Å². The molecule has 0 radical (unpaired) electrons. The topological polar surface area (TPSA) is 0 Å². The molecule has 0 fully saturated rings. The molecule has 0 bridgehead atoms. The second kappa shape index (κ2) is 4.13. The van der Waals surface area contributed by atoms with Crippen LogP contribution in [0.5, 0.6) is 0 Å². The Morgan fingerprint density at radius 3 is 2.33 bits per heavy atom. The molecule has 0 amide bonds. The van der Waals surface area contributed by atoms with Crippen LogP contribution >= 0.6 is 0 Å². The standard InChI is InChI=1S/C18H18/c1-12-10-14(3)18(11-13(12)2)17-9-8-15-6-4-5-7-16(15)17/h4-7,9-11H,8H2,1-3H3. The summed E-state index contributed by atoms with van der Waals surface area (Å²) in [4.78, 5) is 0. The summed E-state index contributed by atoms with van der Waals surface area (Å²) in [5, 5.41) is 0. The Labute approximate surface area is 109 Å². The van der Waals surface area contributed by atoms with Gasteiger partial charge in [0.15, 0.2) is 0 Å². The fourth-order valence-corrected chi connectivity index (χ4v) is 2.79. The summed E-state index contributed by atoms with van der Waals surface area (Å²) in [6.45, 7) is 6.59. The van der Waals surface area contributed by atoms with Crippen molar-refractivity contribution in [2.24, 2.45) is 0 Å². The molecular formula is C18H18. The van der Waals surface area contributed by atoms with E-state index in [1.54, 1.807) is 0 Å². The molecule has 0 heteroatoms. The zero-order valence-electron chi connectivity index (χ0n) is 11.2. The van der Waals surface area contributed by atoms with Gasteiger partial charge >= 0.3 is 0 Å². The first-order valence-electron chi connectivity index (χ1n) is 6.53. The number of fused-ring (bicyclic) bond motifs is 1. The van der Waals surface area contributed by atoms with Gasteiger partial charge in [0, 0.05) is 0 Å². The lowest BCUT2D eigenvalue weighted by molar-refractivity contribution is 1.28. The maximum atomic E-state index is 2.36. The lowest BCUT2D eigenvalue weighted by Gasteiger charge is -2.12. The predicted octanol–water partition coefficient (Wildman–Crippen LogP) is 4.60. The van der Waals surface area contributed by atoms with Crippen molar-refractivity contribution in [3.63, 3.8) is 0 Å². The Balaban J connectivity index is 2.16. The maximum absolute atomic E-state index is 2.36. The fourth-order valence-electron chi connectivity index (χ4n) is 2.79. The van der Waals surface area contributed by atoms with Crippen LogP contribution in [0, 0.1) is 20.8 Å². The largest absolute Gasteiger partial charge is 0.0716 e. The highest BCUT2D eigenvalue weighted by Gasteiger charge is 2.16. The quantitative estimate of drug-likeness (QED) is 0.676. The monoisotopic (exact) mass is 234 g/mol. The van der Waals surface area contributed by atoms with Crippen LogP contribution in [0.25, 0.3) is 5.57 Å². The summed E-state index contributed by atoms with van der Waals surface area (Å²) in [5.74, 6) is 0. The van der Waals surface area contributed by atoms with Crippen LogP contribution < -0.4 is 0 Å². The van der Waals surface area contributed by atoms with Crippen LogP contribution in [0.1, 0.15) is 33.4 Å². The first-order chi connectivity index (χ1) is 8.66. The van der Waals surface area contributed by atoms with Gasteiger partial charge in [-0.25, -0.2) is 0 Å². The highest BCUT2D eigenvalue weighted by atomic mass is 14.2. The number of aryl methyl sites for hydroxylation is 3. The smallest absolute Gasteiger partial charge is 0.00819 e. The summed E-state index contributed by atoms with van der Waals surface area (Å²) >= 11 is 0. The average molecular weight is 234 g/mol. The van der Waals surface area contributed by atoms with Crippen LogP contribution in [0.15, 0.2) is 42.5 Å². The first kappa shape index (κ1) is 11.3. The average Bonchev–Trinajstić information content (AvgIpc) is 2.78. The second-order valence-electron chi connectivity index (χ2n) is 5.23. The molecule has 0 N–H and O–H groups in total. The van der Waals surface area contributed by atoms with Crippen LogP contribution in [0.4, 0.5) is 0 Å². The zero-order valence-corrected chi connectivity index (χ0v) is 11.2. The molecule has 2 aromatic carbocycles. The minimum absolute atomic E-state index is 1.07. The Hall–Kier alpha value is -1.82. The Morgan fingerprint density at radius 1 is 0.778 bits per heavy atom. The van der Waals surface area contributed by atoms with Crippen molar-refractivity contribution in [1.29, 1.82) is 0 Å². The predicted molar refractivity (Wildman–Crippen MR) is 77.9 cm³/mol. The summed E-state index contributed by atoms with van der Waals surface area (Å²) in [5.41, 5.74) is 9.79. The van der Waals surface area contributed by atoms with Crippen LogP contribution in [-0.4, -0.2) is 0 Å². The molecule has 2 aromatic rings. The number of benzene rings is 2. The minimum atomic E-state index is 1.07. The molecule has 1 aliphatic rings. The molecule has 0 nitrogen and oxygen atoms in total. The molecule has 0 aliphatic heterocycles. The molecule has 0 saturated carbocycles. The van der Waals surface area contributed by atoms with Gasteiger partial charge in [0.05, 0.1) is 0 Å². The molecule has 0 saturated heterocycles. The van der Waals surface area contributed by atoms with Gasteiger partial charge in [-0.05, 0) is 66.1 Å². The van der Waals surface area contributed by atoms with Gasteiger partial charge < -0.3 is 0 Å². The van der Waals surface area contributed by atoms with E-state index in [0.717, 1.165) is 6.42 Å². The van der Waals surface area contributed by atoms with Gasteiger partial charge in [0.2, 0.25) is 0 Å². The normalized spacial score (nSPS) is 13.4. The lowest BCUT2D eigenvalue weighted by Crippen LogP contribution is -1.93. The molecule has 0 spiro atoms. The molecular weight excluding hydrogens is 216 g/mol. The number of hydrogen-bond acceptors (Lipinski definition) is 0. The van der Waals surface area contributed by atoms with E-state index in [4.69, 9.17) is 0 Å². The van der Waals surface area contributed by atoms with Gasteiger partial charge in [-0.2, -0.15) is 0 Å². The van der Waals surface area contributed by atoms with E-state index in [1.807, 2.05) is 0 Å². The van der Waals surface area contributed by atoms with Crippen molar-refractivity contribution in [3.8, 4) is 0 Å². The number of hydrogen-bond donors (Lipinski definition) is 0. The summed E-state index contributed by atoms with van der Waals surface area (Å²) < 4.78 is 0. The molecule has 3 rings (SSSR count). The number of allylic oxidation sites excluding steroid dienone is 1. The summed E-state index contributed by atoms with van der Waals surface area (Å²) in [6.07, 6.45) is 3.43. The highest BCUT2D eigenvalue weighted by Crippen LogP contribution is 2.34. The summed E-state index contributed by atoms with van der Waals surface area (Å²) in [7, 11) is 0. The summed E-state index contributed by atoms with van der Waals surface area (Å²) in [6, 6.07) is 13.4. The fraction of sp³-hybridized carbons (Fsp3) is 0.222. The van der Waals surface area contributed by atoms with Crippen LogP contribution in [0.3, 0.4) is 0 Å². The molecule has 1 aliphatic carbocycles. The van der Waals surface area contributed by atoms with Gasteiger partial charge in [0.25, 0.3) is 0 Å². The lowest BCUT2D eigenvalue weighted by atomic mass is 9.92. The van der Waals surface area contributed by atoms with Crippen molar-refractivity contribution in [3.05, 3.63) is 75.9 Å². The van der Waals surface area contributed by atoms with E-state index >= 15 is 0 Å². The van der Waals surface area contributed by atoms with Gasteiger partial charge in [-0.1, -0.05) is 42.5 Å². The van der Waals surface area contributed by atoms with Crippen LogP contribution in [-0.2, 0) is 6.42 Å².